The van der Waals surface area contributed by atoms with Crippen LogP contribution in [0.4, 0.5) is 0 Å². The maximum Gasteiger partial charge on any atom is 0.127 e. The molecule has 0 saturated heterocycles. The van der Waals surface area contributed by atoms with Crippen LogP contribution >= 0.6 is 11.6 Å². The van der Waals surface area contributed by atoms with Gasteiger partial charge in [-0.1, -0.05) is 18.5 Å². The SMILES string of the molecule is CC(C=O)c1cc(C#N)ccc1Cl. The zero-order valence-electron chi connectivity index (χ0n) is 7.12. The molecule has 1 aromatic rings. The Morgan fingerprint density at radius 1 is 1.62 bits per heavy atom. The second-order valence-corrected chi connectivity index (χ2v) is 3.18. The van der Waals surface area contributed by atoms with Crippen LogP contribution in [0.3, 0.4) is 0 Å². The minimum Gasteiger partial charge on any atom is -0.303 e. The number of nitrogens with zero attached hydrogens (tertiary/aromatic N) is 1. The molecule has 0 aliphatic carbocycles. The van der Waals surface area contributed by atoms with Crippen molar-refractivity contribution in [1.82, 2.24) is 0 Å². The van der Waals surface area contributed by atoms with Crippen LogP contribution in [0.2, 0.25) is 5.02 Å². The summed E-state index contributed by atoms with van der Waals surface area (Å²) < 4.78 is 0. The van der Waals surface area contributed by atoms with Gasteiger partial charge in [0.25, 0.3) is 0 Å². The van der Waals surface area contributed by atoms with Gasteiger partial charge < -0.3 is 4.79 Å². The second kappa shape index (κ2) is 4.06. The number of hydrogen-bond acceptors (Lipinski definition) is 2. The van der Waals surface area contributed by atoms with E-state index in [2.05, 4.69) is 0 Å². The van der Waals surface area contributed by atoms with E-state index in [-0.39, 0.29) is 5.92 Å². The average molecular weight is 194 g/mol. The predicted molar refractivity (Wildman–Crippen MR) is 50.6 cm³/mol. The lowest BCUT2D eigenvalue weighted by molar-refractivity contribution is -0.108. The highest BCUT2D eigenvalue weighted by Crippen LogP contribution is 2.23. The largest absolute Gasteiger partial charge is 0.303 e. The van der Waals surface area contributed by atoms with E-state index in [1.807, 2.05) is 6.07 Å². The third-order valence-corrected chi connectivity index (χ3v) is 2.16. The lowest BCUT2D eigenvalue weighted by atomic mass is 10.0. The van der Waals surface area contributed by atoms with Gasteiger partial charge in [-0.25, -0.2) is 0 Å². The number of benzene rings is 1. The summed E-state index contributed by atoms with van der Waals surface area (Å²) in [4.78, 5) is 10.5. The van der Waals surface area contributed by atoms with Gasteiger partial charge in [-0.05, 0) is 23.8 Å². The molecule has 2 nitrogen and oxygen atoms in total. The summed E-state index contributed by atoms with van der Waals surface area (Å²) in [6.07, 6.45) is 0.808. The molecule has 0 aliphatic rings. The lowest BCUT2D eigenvalue weighted by Gasteiger charge is -2.06. The summed E-state index contributed by atoms with van der Waals surface area (Å²) in [5, 5.41) is 9.15. The van der Waals surface area contributed by atoms with Gasteiger partial charge in [-0.2, -0.15) is 5.26 Å². The molecule has 3 heteroatoms. The van der Waals surface area contributed by atoms with Crippen molar-refractivity contribution in [3.63, 3.8) is 0 Å². The van der Waals surface area contributed by atoms with Crippen LogP contribution in [0.25, 0.3) is 0 Å². The van der Waals surface area contributed by atoms with Gasteiger partial charge in [-0.15, -0.1) is 0 Å². The van der Waals surface area contributed by atoms with Crippen LogP contribution in [0, 0.1) is 11.3 Å². The molecule has 0 N–H and O–H groups in total. The van der Waals surface area contributed by atoms with E-state index in [4.69, 9.17) is 16.9 Å². The summed E-state index contributed by atoms with van der Waals surface area (Å²) in [5.41, 5.74) is 1.23. The van der Waals surface area contributed by atoms with E-state index in [0.717, 1.165) is 6.29 Å². The maximum absolute atomic E-state index is 10.5. The summed E-state index contributed by atoms with van der Waals surface area (Å²) in [5.74, 6) is -0.263. The zero-order chi connectivity index (χ0) is 9.84. The standard InChI is InChI=1S/C10H8ClNO/c1-7(6-13)9-4-8(5-12)2-3-10(9)11/h2-4,6-7H,1H3. The minimum absolute atomic E-state index is 0.263. The van der Waals surface area contributed by atoms with Gasteiger partial charge in [0.2, 0.25) is 0 Å². The van der Waals surface area contributed by atoms with Crippen molar-refractivity contribution < 1.29 is 4.79 Å². The molecule has 13 heavy (non-hydrogen) atoms. The first kappa shape index (κ1) is 9.76. The highest BCUT2D eigenvalue weighted by molar-refractivity contribution is 6.31. The van der Waals surface area contributed by atoms with E-state index in [9.17, 15) is 4.79 Å². The van der Waals surface area contributed by atoms with Crippen molar-refractivity contribution in [3.8, 4) is 6.07 Å². The predicted octanol–water partition coefficient (Wildman–Crippen LogP) is 2.51. The smallest absolute Gasteiger partial charge is 0.127 e. The third-order valence-electron chi connectivity index (χ3n) is 1.82. The number of carbonyl (C=O) groups is 1. The molecule has 0 aliphatic heterocycles. The highest BCUT2D eigenvalue weighted by Gasteiger charge is 2.08. The Morgan fingerprint density at radius 3 is 2.85 bits per heavy atom. The Balaban J connectivity index is 3.20. The van der Waals surface area contributed by atoms with E-state index in [0.29, 0.717) is 16.1 Å². The van der Waals surface area contributed by atoms with Crippen LogP contribution in [0.1, 0.15) is 24.0 Å². The molecule has 0 fully saturated rings. The first-order valence-corrected chi connectivity index (χ1v) is 4.21. The van der Waals surface area contributed by atoms with Crippen molar-refractivity contribution >= 4 is 17.9 Å². The summed E-state index contributed by atoms with van der Waals surface area (Å²) in [6.45, 7) is 1.75. The van der Waals surface area contributed by atoms with Gasteiger partial charge in [0, 0.05) is 10.9 Å². The normalized spacial score (nSPS) is 11.8. The van der Waals surface area contributed by atoms with Gasteiger partial charge in [-0.3, -0.25) is 0 Å². The molecule has 1 unspecified atom stereocenters. The number of hydrogen-bond donors (Lipinski definition) is 0. The zero-order valence-corrected chi connectivity index (χ0v) is 7.88. The third kappa shape index (κ3) is 2.07. The van der Waals surface area contributed by atoms with Crippen molar-refractivity contribution in [2.75, 3.05) is 0 Å². The topological polar surface area (TPSA) is 40.9 Å². The van der Waals surface area contributed by atoms with Crippen LogP contribution < -0.4 is 0 Å². The second-order valence-electron chi connectivity index (χ2n) is 2.77. The number of carbonyl (C=O) groups excluding carboxylic acids is 1. The number of nitriles is 1. The molecule has 0 radical (unpaired) electrons. The van der Waals surface area contributed by atoms with Crippen molar-refractivity contribution in [2.45, 2.75) is 12.8 Å². The maximum atomic E-state index is 10.5. The summed E-state index contributed by atoms with van der Waals surface area (Å²) >= 11 is 5.86. The molecule has 0 aromatic heterocycles. The Hall–Kier alpha value is -1.33. The van der Waals surface area contributed by atoms with Gasteiger partial charge >= 0.3 is 0 Å². The Morgan fingerprint density at radius 2 is 2.31 bits per heavy atom. The van der Waals surface area contributed by atoms with Crippen LogP contribution in [0.15, 0.2) is 18.2 Å². The molecule has 0 amide bonds. The first-order chi connectivity index (χ1) is 6.19. The molecule has 1 rings (SSSR count). The number of halogens is 1. The highest BCUT2D eigenvalue weighted by atomic mass is 35.5. The first-order valence-electron chi connectivity index (χ1n) is 3.84. The monoisotopic (exact) mass is 193 g/mol. The molecular formula is C10H8ClNO. The molecule has 66 valence electrons. The fourth-order valence-corrected chi connectivity index (χ4v) is 1.33. The Bertz CT molecular complexity index is 368. The lowest BCUT2D eigenvalue weighted by Crippen LogP contribution is -1.95. The Kier molecular flexibility index (Phi) is 3.05. The average Bonchev–Trinajstić information content (AvgIpc) is 2.17. The van der Waals surface area contributed by atoms with E-state index < -0.39 is 0 Å². The molecule has 0 saturated carbocycles. The van der Waals surface area contributed by atoms with Gasteiger partial charge in [0.05, 0.1) is 11.6 Å². The van der Waals surface area contributed by atoms with E-state index in [1.165, 1.54) is 0 Å². The van der Waals surface area contributed by atoms with Gasteiger partial charge in [0.1, 0.15) is 6.29 Å². The fraction of sp³-hybridized carbons (Fsp3) is 0.200. The molecular weight excluding hydrogens is 186 g/mol. The van der Waals surface area contributed by atoms with Crippen LogP contribution in [-0.2, 0) is 4.79 Å². The van der Waals surface area contributed by atoms with E-state index in [1.54, 1.807) is 25.1 Å². The quantitative estimate of drug-likeness (QED) is 0.678. The summed E-state index contributed by atoms with van der Waals surface area (Å²) in [6, 6.07) is 6.90. The fourth-order valence-electron chi connectivity index (χ4n) is 1.04. The molecule has 1 atom stereocenters. The van der Waals surface area contributed by atoms with Crippen molar-refractivity contribution in [1.29, 1.82) is 5.26 Å². The van der Waals surface area contributed by atoms with Crippen molar-refractivity contribution in [2.24, 2.45) is 0 Å². The molecule has 0 heterocycles. The van der Waals surface area contributed by atoms with E-state index >= 15 is 0 Å². The van der Waals surface area contributed by atoms with Crippen LogP contribution in [0.5, 0.6) is 0 Å². The van der Waals surface area contributed by atoms with Gasteiger partial charge in [0.15, 0.2) is 0 Å². The van der Waals surface area contributed by atoms with Crippen LogP contribution in [-0.4, -0.2) is 6.29 Å². The molecule has 1 aromatic carbocycles. The minimum atomic E-state index is -0.263. The molecule has 0 bridgehead atoms. The molecule has 0 spiro atoms. The van der Waals surface area contributed by atoms with Crippen molar-refractivity contribution in [3.05, 3.63) is 34.3 Å². The summed E-state index contributed by atoms with van der Waals surface area (Å²) in [7, 11) is 0. The number of rotatable bonds is 2. The Labute approximate surface area is 81.7 Å². The number of aldehydes is 1.